The molecule has 0 radical (unpaired) electrons. The quantitative estimate of drug-likeness (QED) is 0.658. The summed E-state index contributed by atoms with van der Waals surface area (Å²) in [5.74, 6) is 0.285. The molecule has 2 N–H and O–H groups in total. The molecule has 8 nitrogen and oxygen atoms in total. The zero-order valence-electron chi connectivity index (χ0n) is 18.1. The maximum atomic E-state index is 13.0. The molecule has 0 spiro atoms. The summed E-state index contributed by atoms with van der Waals surface area (Å²) in [6.45, 7) is 5.57. The van der Waals surface area contributed by atoms with E-state index in [1.165, 1.54) is 19.3 Å². The second-order valence-corrected chi connectivity index (χ2v) is 9.45. The molecule has 8 heteroatoms. The predicted molar refractivity (Wildman–Crippen MR) is 113 cm³/mol. The minimum Gasteiger partial charge on any atom is -0.392 e. The van der Waals surface area contributed by atoms with Gasteiger partial charge >= 0.3 is 0 Å². The maximum absolute atomic E-state index is 13.0. The lowest BCUT2D eigenvalue weighted by Gasteiger charge is -2.40. The lowest BCUT2D eigenvalue weighted by atomic mass is 9.95. The van der Waals surface area contributed by atoms with E-state index in [2.05, 4.69) is 15.1 Å². The van der Waals surface area contributed by atoms with E-state index < -0.39 is 6.10 Å². The van der Waals surface area contributed by atoms with Crippen LogP contribution in [0.15, 0.2) is 0 Å². The number of nitrogens with zero attached hydrogens (tertiary/aromatic N) is 3. The molecule has 3 heterocycles. The van der Waals surface area contributed by atoms with Gasteiger partial charge in [0.05, 0.1) is 31.9 Å². The molecule has 30 heavy (non-hydrogen) atoms. The number of β-amino-alcohol motifs (C(OH)–C–C–N with tert-alkyl or cyclic N) is 1. The predicted octanol–water partition coefficient (Wildman–Crippen LogP) is 0.194. The van der Waals surface area contributed by atoms with Crippen molar-refractivity contribution in [3.05, 3.63) is 0 Å². The first kappa shape index (κ1) is 22.0. The van der Waals surface area contributed by atoms with Crippen LogP contribution in [0.25, 0.3) is 0 Å². The molecule has 1 saturated carbocycles. The number of rotatable bonds is 5. The number of amides is 2. The Morgan fingerprint density at radius 3 is 2.37 bits per heavy atom. The van der Waals surface area contributed by atoms with E-state index in [1.807, 2.05) is 4.90 Å². The van der Waals surface area contributed by atoms with Crippen LogP contribution in [0.2, 0.25) is 0 Å². The Morgan fingerprint density at radius 2 is 1.67 bits per heavy atom. The Balaban J connectivity index is 1.26. The Kier molecular flexibility index (Phi) is 7.62. The van der Waals surface area contributed by atoms with E-state index in [0.29, 0.717) is 38.8 Å². The number of carbonyl (C=O) groups excluding carboxylic acids is 2. The van der Waals surface area contributed by atoms with Gasteiger partial charge in [0, 0.05) is 44.8 Å². The molecule has 1 aliphatic carbocycles. The summed E-state index contributed by atoms with van der Waals surface area (Å²) < 4.78 is 5.36. The number of piperidine rings is 1. The summed E-state index contributed by atoms with van der Waals surface area (Å²) >= 11 is 0. The number of ether oxygens (including phenoxy) is 1. The third-order valence-corrected chi connectivity index (χ3v) is 7.32. The van der Waals surface area contributed by atoms with Gasteiger partial charge < -0.3 is 20.1 Å². The third kappa shape index (κ3) is 5.52. The van der Waals surface area contributed by atoms with Gasteiger partial charge in [-0.25, -0.2) is 0 Å². The minimum absolute atomic E-state index is 0.0873. The van der Waals surface area contributed by atoms with Gasteiger partial charge in [-0.15, -0.1) is 0 Å². The monoisotopic (exact) mass is 422 g/mol. The van der Waals surface area contributed by atoms with Crippen molar-refractivity contribution in [1.29, 1.82) is 0 Å². The number of likely N-dealkylation sites (tertiary alicyclic amines) is 2. The average molecular weight is 423 g/mol. The Morgan fingerprint density at radius 1 is 0.967 bits per heavy atom. The van der Waals surface area contributed by atoms with Gasteiger partial charge in [-0.2, -0.15) is 0 Å². The Bertz CT molecular complexity index is 584. The lowest BCUT2D eigenvalue weighted by molar-refractivity contribution is -0.136. The van der Waals surface area contributed by atoms with Gasteiger partial charge in [0.15, 0.2) is 0 Å². The molecule has 2 unspecified atom stereocenters. The molecule has 0 aromatic heterocycles. The maximum Gasteiger partial charge on any atom is 0.237 e. The highest BCUT2D eigenvalue weighted by atomic mass is 16.5. The van der Waals surface area contributed by atoms with Crippen LogP contribution in [0, 0.1) is 0 Å². The molecule has 0 aromatic rings. The molecule has 4 fully saturated rings. The molecule has 4 aliphatic rings. The Labute approximate surface area is 179 Å². The van der Waals surface area contributed by atoms with E-state index in [0.717, 1.165) is 51.9 Å². The van der Waals surface area contributed by atoms with Crippen LogP contribution in [-0.2, 0) is 14.3 Å². The fourth-order valence-electron chi connectivity index (χ4n) is 5.54. The molecular formula is C22H38N4O4. The Hall–Kier alpha value is -1.22. The molecule has 2 amide bonds. The van der Waals surface area contributed by atoms with Crippen molar-refractivity contribution >= 4 is 11.8 Å². The van der Waals surface area contributed by atoms with E-state index in [9.17, 15) is 14.7 Å². The van der Waals surface area contributed by atoms with Crippen molar-refractivity contribution in [2.24, 2.45) is 0 Å². The first-order chi connectivity index (χ1) is 14.6. The second kappa shape index (κ2) is 10.4. The molecule has 3 aliphatic heterocycles. The van der Waals surface area contributed by atoms with Crippen LogP contribution in [0.1, 0.15) is 51.4 Å². The van der Waals surface area contributed by atoms with Crippen LogP contribution in [-0.4, -0.2) is 108 Å². The zero-order chi connectivity index (χ0) is 20.9. The molecule has 170 valence electrons. The standard InChI is InChI=1S/C22H38N4O4/c27-19-14-20(22(29)23-17-4-2-1-3-5-17)26(15-19)18-6-8-25(9-7-18)21(28)16-24-10-12-30-13-11-24/h17-20,27H,1-16H2,(H,23,29). The summed E-state index contributed by atoms with van der Waals surface area (Å²) in [4.78, 5) is 32.0. The number of hydrogen-bond acceptors (Lipinski definition) is 6. The summed E-state index contributed by atoms with van der Waals surface area (Å²) in [7, 11) is 0. The minimum atomic E-state index is -0.437. The number of nitrogens with one attached hydrogen (secondary N) is 1. The van der Waals surface area contributed by atoms with E-state index in [-0.39, 0.29) is 23.9 Å². The molecule has 0 aromatic carbocycles. The zero-order valence-corrected chi connectivity index (χ0v) is 18.1. The first-order valence-electron chi connectivity index (χ1n) is 11.9. The summed E-state index contributed by atoms with van der Waals surface area (Å²) in [5.41, 5.74) is 0. The van der Waals surface area contributed by atoms with E-state index in [4.69, 9.17) is 4.74 Å². The van der Waals surface area contributed by atoms with Gasteiger partial charge in [-0.05, 0) is 32.1 Å². The van der Waals surface area contributed by atoms with Crippen LogP contribution in [0.5, 0.6) is 0 Å². The summed E-state index contributed by atoms with van der Waals surface area (Å²) in [6, 6.07) is 0.324. The first-order valence-corrected chi connectivity index (χ1v) is 11.9. The SMILES string of the molecule is O=C(NC1CCCCC1)C1CC(O)CN1C1CCN(C(=O)CN2CCOCC2)CC1. The van der Waals surface area contributed by atoms with Crippen molar-refractivity contribution in [2.75, 3.05) is 52.5 Å². The average Bonchev–Trinajstić information content (AvgIpc) is 3.17. The van der Waals surface area contributed by atoms with Crippen molar-refractivity contribution in [1.82, 2.24) is 20.0 Å². The molecule has 0 bridgehead atoms. The fraction of sp³-hybridized carbons (Fsp3) is 0.909. The van der Waals surface area contributed by atoms with Crippen LogP contribution in [0.4, 0.5) is 0 Å². The van der Waals surface area contributed by atoms with Gasteiger partial charge in [-0.1, -0.05) is 19.3 Å². The lowest BCUT2D eigenvalue weighted by Crippen LogP contribution is -2.54. The normalized spacial score (nSPS) is 30.5. The van der Waals surface area contributed by atoms with Crippen LogP contribution >= 0.6 is 0 Å². The summed E-state index contributed by atoms with van der Waals surface area (Å²) in [5, 5.41) is 13.5. The topological polar surface area (TPSA) is 85.3 Å². The number of carbonyl (C=O) groups is 2. The summed E-state index contributed by atoms with van der Waals surface area (Å²) in [6.07, 6.45) is 7.63. The highest BCUT2D eigenvalue weighted by molar-refractivity contribution is 5.82. The van der Waals surface area contributed by atoms with Crippen molar-refractivity contribution in [3.8, 4) is 0 Å². The molecule has 3 saturated heterocycles. The molecule has 2 atom stereocenters. The highest BCUT2D eigenvalue weighted by Gasteiger charge is 2.41. The smallest absolute Gasteiger partial charge is 0.237 e. The van der Waals surface area contributed by atoms with Crippen LogP contribution in [0.3, 0.4) is 0 Å². The number of morpholine rings is 1. The molecular weight excluding hydrogens is 384 g/mol. The molecule has 4 rings (SSSR count). The van der Waals surface area contributed by atoms with Gasteiger partial charge in [0.2, 0.25) is 11.8 Å². The number of aliphatic hydroxyl groups is 1. The van der Waals surface area contributed by atoms with Crippen molar-refractivity contribution in [2.45, 2.75) is 75.6 Å². The van der Waals surface area contributed by atoms with Crippen molar-refractivity contribution < 1.29 is 19.4 Å². The van der Waals surface area contributed by atoms with E-state index in [1.54, 1.807) is 0 Å². The fourth-order valence-corrected chi connectivity index (χ4v) is 5.54. The van der Waals surface area contributed by atoms with Crippen LogP contribution < -0.4 is 5.32 Å². The van der Waals surface area contributed by atoms with Gasteiger partial charge in [0.1, 0.15) is 0 Å². The number of hydrogen-bond donors (Lipinski definition) is 2. The second-order valence-electron chi connectivity index (χ2n) is 9.45. The van der Waals surface area contributed by atoms with Gasteiger partial charge in [0.25, 0.3) is 0 Å². The van der Waals surface area contributed by atoms with Crippen molar-refractivity contribution in [3.63, 3.8) is 0 Å². The van der Waals surface area contributed by atoms with Gasteiger partial charge in [-0.3, -0.25) is 19.4 Å². The highest BCUT2D eigenvalue weighted by Crippen LogP contribution is 2.27. The largest absolute Gasteiger partial charge is 0.392 e. The number of aliphatic hydroxyl groups excluding tert-OH is 1. The third-order valence-electron chi connectivity index (χ3n) is 7.32. The van der Waals surface area contributed by atoms with E-state index >= 15 is 0 Å².